The highest BCUT2D eigenvalue weighted by molar-refractivity contribution is 5.87. The van der Waals surface area contributed by atoms with Crippen molar-refractivity contribution < 1.29 is 14.3 Å². The molecule has 0 radical (unpaired) electrons. The fraction of sp³-hybridized carbons (Fsp3) is 0.333. The first-order chi connectivity index (χ1) is 12.6. The Morgan fingerprint density at radius 2 is 1.88 bits per heavy atom. The van der Waals surface area contributed by atoms with E-state index in [1.807, 2.05) is 42.5 Å². The van der Waals surface area contributed by atoms with Crippen molar-refractivity contribution in [2.45, 2.75) is 32.5 Å². The Kier molecular flexibility index (Phi) is 6.02. The number of carbonyl (C=O) groups is 2. The number of hydrogen-bond donors (Lipinski definition) is 1. The molecule has 1 aliphatic heterocycles. The van der Waals surface area contributed by atoms with Gasteiger partial charge < -0.3 is 10.1 Å². The maximum absolute atomic E-state index is 12.3. The standard InChI is InChI=1S/C21H24N2O3/c1-16-7-5-6-10-18(16)14-23-12-11-22-21(25)19(23)13-20(24)26-15-17-8-3-2-4-9-17/h2-10,19H,11-15H2,1H3,(H,22,25). The molecule has 1 heterocycles. The fourth-order valence-electron chi connectivity index (χ4n) is 3.13. The van der Waals surface area contributed by atoms with Gasteiger partial charge in [0, 0.05) is 19.6 Å². The third-order valence-corrected chi connectivity index (χ3v) is 4.68. The lowest BCUT2D eigenvalue weighted by Crippen LogP contribution is -2.55. The van der Waals surface area contributed by atoms with E-state index in [-0.39, 0.29) is 24.9 Å². The highest BCUT2D eigenvalue weighted by Gasteiger charge is 2.32. The summed E-state index contributed by atoms with van der Waals surface area (Å²) in [7, 11) is 0. The molecule has 1 amide bonds. The van der Waals surface area contributed by atoms with Crippen LogP contribution in [-0.2, 0) is 27.5 Å². The van der Waals surface area contributed by atoms with E-state index in [0.29, 0.717) is 13.1 Å². The molecule has 0 aromatic heterocycles. The zero-order chi connectivity index (χ0) is 18.4. The van der Waals surface area contributed by atoms with Gasteiger partial charge in [0.1, 0.15) is 12.6 Å². The quantitative estimate of drug-likeness (QED) is 0.811. The molecule has 0 spiro atoms. The van der Waals surface area contributed by atoms with Crippen LogP contribution >= 0.6 is 0 Å². The average Bonchev–Trinajstić information content (AvgIpc) is 2.65. The predicted molar refractivity (Wildman–Crippen MR) is 99.2 cm³/mol. The Morgan fingerprint density at radius 1 is 1.15 bits per heavy atom. The number of rotatable bonds is 6. The second-order valence-corrected chi connectivity index (χ2v) is 6.55. The predicted octanol–water partition coefficient (Wildman–Crippen LogP) is 2.43. The number of carbonyl (C=O) groups excluding carboxylic acids is 2. The third-order valence-electron chi connectivity index (χ3n) is 4.68. The van der Waals surface area contributed by atoms with E-state index in [4.69, 9.17) is 4.74 Å². The Morgan fingerprint density at radius 3 is 2.65 bits per heavy atom. The van der Waals surface area contributed by atoms with Gasteiger partial charge in [-0.3, -0.25) is 14.5 Å². The molecule has 0 bridgehead atoms. The molecule has 1 atom stereocenters. The third kappa shape index (κ3) is 4.70. The van der Waals surface area contributed by atoms with Crippen molar-refractivity contribution in [1.82, 2.24) is 10.2 Å². The van der Waals surface area contributed by atoms with Crippen LogP contribution < -0.4 is 5.32 Å². The summed E-state index contributed by atoms with van der Waals surface area (Å²) in [6.45, 7) is 4.25. The van der Waals surface area contributed by atoms with Gasteiger partial charge in [0.25, 0.3) is 0 Å². The van der Waals surface area contributed by atoms with E-state index in [9.17, 15) is 9.59 Å². The maximum Gasteiger partial charge on any atom is 0.308 e. The summed E-state index contributed by atoms with van der Waals surface area (Å²) in [5.74, 6) is -0.466. The molecule has 1 aliphatic rings. The molecule has 1 saturated heterocycles. The van der Waals surface area contributed by atoms with Crippen LogP contribution in [0, 0.1) is 6.92 Å². The zero-order valence-electron chi connectivity index (χ0n) is 15.0. The van der Waals surface area contributed by atoms with Gasteiger partial charge in [-0.1, -0.05) is 54.6 Å². The van der Waals surface area contributed by atoms with Gasteiger partial charge in [-0.15, -0.1) is 0 Å². The highest BCUT2D eigenvalue weighted by Crippen LogP contribution is 2.17. The van der Waals surface area contributed by atoms with Crippen molar-refractivity contribution in [2.24, 2.45) is 0 Å². The minimum Gasteiger partial charge on any atom is -0.461 e. The van der Waals surface area contributed by atoms with E-state index < -0.39 is 6.04 Å². The number of aryl methyl sites for hydroxylation is 1. The maximum atomic E-state index is 12.3. The van der Waals surface area contributed by atoms with Crippen molar-refractivity contribution in [3.8, 4) is 0 Å². The van der Waals surface area contributed by atoms with Gasteiger partial charge in [0.05, 0.1) is 6.42 Å². The molecule has 3 rings (SSSR count). The summed E-state index contributed by atoms with van der Waals surface area (Å²) in [6.07, 6.45) is 0.0601. The lowest BCUT2D eigenvalue weighted by atomic mass is 10.0. The summed E-state index contributed by atoms with van der Waals surface area (Å²) in [5, 5.41) is 2.85. The first-order valence-electron chi connectivity index (χ1n) is 8.89. The number of hydrogen-bond acceptors (Lipinski definition) is 4. The number of nitrogens with zero attached hydrogens (tertiary/aromatic N) is 1. The molecule has 1 N–H and O–H groups in total. The number of benzene rings is 2. The largest absolute Gasteiger partial charge is 0.461 e. The Balaban J connectivity index is 1.62. The fourth-order valence-corrected chi connectivity index (χ4v) is 3.13. The summed E-state index contributed by atoms with van der Waals surface area (Å²) in [4.78, 5) is 26.7. The Bertz CT molecular complexity index is 761. The van der Waals surface area contributed by atoms with Crippen molar-refractivity contribution in [1.29, 1.82) is 0 Å². The molecule has 2 aromatic carbocycles. The normalized spacial score (nSPS) is 17.6. The van der Waals surface area contributed by atoms with Crippen LogP contribution in [0.25, 0.3) is 0 Å². The van der Waals surface area contributed by atoms with Gasteiger partial charge in [-0.05, 0) is 23.6 Å². The minimum atomic E-state index is -0.494. The van der Waals surface area contributed by atoms with Crippen LogP contribution in [0.3, 0.4) is 0 Å². The van der Waals surface area contributed by atoms with Crippen LogP contribution in [0.15, 0.2) is 54.6 Å². The molecule has 0 saturated carbocycles. The number of ether oxygens (including phenoxy) is 1. The van der Waals surface area contributed by atoms with Crippen LogP contribution in [0.5, 0.6) is 0 Å². The first kappa shape index (κ1) is 18.1. The second kappa shape index (κ2) is 8.63. The van der Waals surface area contributed by atoms with Crippen LogP contribution in [0.4, 0.5) is 0 Å². The lowest BCUT2D eigenvalue weighted by molar-refractivity contribution is -0.149. The van der Waals surface area contributed by atoms with E-state index in [1.54, 1.807) is 0 Å². The minimum absolute atomic E-state index is 0.0601. The second-order valence-electron chi connectivity index (χ2n) is 6.55. The molecule has 26 heavy (non-hydrogen) atoms. The molecule has 2 aromatic rings. The highest BCUT2D eigenvalue weighted by atomic mass is 16.5. The van der Waals surface area contributed by atoms with Gasteiger partial charge in [-0.25, -0.2) is 0 Å². The lowest BCUT2D eigenvalue weighted by Gasteiger charge is -2.34. The molecule has 136 valence electrons. The van der Waals surface area contributed by atoms with Crippen molar-refractivity contribution in [2.75, 3.05) is 13.1 Å². The van der Waals surface area contributed by atoms with E-state index in [0.717, 1.165) is 12.1 Å². The summed E-state index contributed by atoms with van der Waals surface area (Å²) in [6, 6.07) is 17.2. The number of nitrogens with one attached hydrogen (secondary N) is 1. The summed E-state index contributed by atoms with van der Waals surface area (Å²) in [5.41, 5.74) is 3.29. The molecule has 0 aliphatic carbocycles. The van der Waals surface area contributed by atoms with Gasteiger partial charge in [0.2, 0.25) is 5.91 Å². The molecule has 5 nitrogen and oxygen atoms in total. The average molecular weight is 352 g/mol. The zero-order valence-corrected chi connectivity index (χ0v) is 15.0. The van der Waals surface area contributed by atoms with E-state index >= 15 is 0 Å². The van der Waals surface area contributed by atoms with E-state index in [1.165, 1.54) is 11.1 Å². The topological polar surface area (TPSA) is 58.6 Å². The Hall–Kier alpha value is -2.66. The van der Waals surface area contributed by atoms with Gasteiger partial charge >= 0.3 is 5.97 Å². The van der Waals surface area contributed by atoms with Crippen molar-refractivity contribution >= 4 is 11.9 Å². The number of amides is 1. The monoisotopic (exact) mass is 352 g/mol. The summed E-state index contributed by atoms with van der Waals surface area (Å²) >= 11 is 0. The number of piperazine rings is 1. The van der Waals surface area contributed by atoms with Crippen LogP contribution in [-0.4, -0.2) is 35.9 Å². The van der Waals surface area contributed by atoms with Crippen molar-refractivity contribution in [3.63, 3.8) is 0 Å². The molecule has 5 heteroatoms. The molecule has 1 unspecified atom stereocenters. The van der Waals surface area contributed by atoms with Gasteiger partial charge in [0.15, 0.2) is 0 Å². The molecular weight excluding hydrogens is 328 g/mol. The van der Waals surface area contributed by atoms with Crippen LogP contribution in [0.1, 0.15) is 23.1 Å². The first-order valence-corrected chi connectivity index (χ1v) is 8.89. The number of esters is 1. The Labute approximate surface area is 154 Å². The smallest absolute Gasteiger partial charge is 0.308 e. The molecule has 1 fully saturated rings. The van der Waals surface area contributed by atoms with E-state index in [2.05, 4.69) is 29.3 Å². The SMILES string of the molecule is Cc1ccccc1CN1CCNC(=O)C1CC(=O)OCc1ccccc1. The van der Waals surface area contributed by atoms with Crippen LogP contribution in [0.2, 0.25) is 0 Å². The van der Waals surface area contributed by atoms with Crippen molar-refractivity contribution in [3.05, 3.63) is 71.3 Å². The molecular formula is C21H24N2O3. The summed E-state index contributed by atoms with van der Waals surface area (Å²) < 4.78 is 5.36. The van der Waals surface area contributed by atoms with Gasteiger partial charge in [-0.2, -0.15) is 0 Å².